The van der Waals surface area contributed by atoms with Crippen LogP contribution < -0.4 is 10.6 Å². The number of ether oxygens (including phenoxy) is 2. The highest BCUT2D eigenvalue weighted by atomic mass is 35.6. The van der Waals surface area contributed by atoms with Crippen molar-refractivity contribution in [3.63, 3.8) is 0 Å². The number of nitrogens with one attached hydrogen (secondary N) is 2. The number of aryl methyl sites for hydroxylation is 1. The normalized spacial score (nSPS) is 12.6. The van der Waals surface area contributed by atoms with Gasteiger partial charge in [-0.15, -0.1) is 0 Å². The minimum Gasteiger partial charge on any atom is -0.467 e. The second kappa shape index (κ2) is 16.2. The van der Waals surface area contributed by atoms with Gasteiger partial charge in [-0.2, -0.15) is 0 Å². The van der Waals surface area contributed by atoms with Crippen LogP contribution in [0.4, 0.5) is 4.79 Å². The van der Waals surface area contributed by atoms with Crippen molar-refractivity contribution in [1.29, 1.82) is 0 Å². The lowest BCUT2D eigenvalue weighted by Gasteiger charge is -2.23. The fraction of sp³-hybridized carbons (Fsp3) is 0.310. The zero-order valence-electron chi connectivity index (χ0n) is 22.4. The van der Waals surface area contributed by atoms with Gasteiger partial charge in [-0.1, -0.05) is 94.4 Å². The first-order valence-electron chi connectivity index (χ1n) is 12.8. The molecule has 0 aliphatic rings. The Bertz CT molecular complexity index is 1330. The summed E-state index contributed by atoms with van der Waals surface area (Å²) < 4.78 is 8.31. The Hall–Kier alpha value is -2.75. The fourth-order valence-corrected chi connectivity index (χ4v) is 5.02. The Kier molecular flexibility index (Phi) is 13.0. The molecule has 0 radical (unpaired) electrons. The highest BCUT2D eigenvalue weighted by molar-refractivity contribution is 6.68. The predicted octanol–water partition coefficient (Wildman–Crippen LogP) is 7.06. The van der Waals surface area contributed by atoms with Gasteiger partial charge < -0.3 is 20.1 Å². The average Bonchev–Trinajstić information content (AvgIpc) is 2.95. The van der Waals surface area contributed by atoms with Crippen LogP contribution >= 0.6 is 58.0 Å². The number of rotatable bonds is 12. The van der Waals surface area contributed by atoms with Gasteiger partial charge in [0, 0.05) is 19.2 Å². The van der Waals surface area contributed by atoms with Gasteiger partial charge in [-0.25, -0.2) is 9.59 Å². The molecule has 0 aliphatic heterocycles. The van der Waals surface area contributed by atoms with Crippen LogP contribution in [0.25, 0.3) is 0 Å². The number of alkyl halides is 3. The van der Waals surface area contributed by atoms with Gasteiger partial charge in [0.05, 0.1) is 28.4 Å². The van der Waals surface area contributed by atoms with E-state index >= 15 is 0 Å². The maximum atomic E-state index is 12.8. The molecule has 0 aliphatic carbocycles. The van der Waals surface area contributed by atoms with E-state index < -0.39 is 33.9 Å². The van der Waals surface area contributed by atoms with Gasteiger partial charge in [0.15, 0.2) is 6.10 Å². The standard InChI is InChI=1S/C29H28Cl5N3O5/c1-41-27(39)23(37-26(38)24-20(30)8-6-9-21(24)31)17-19-13-11-18(12-14-19)7-2-4-16-36-28(40)42-25(29(32,33)34)22-10-3-5-15-35-22/h3,5-6,8-15,23,25H,2,4,7,16-17H2,1H3,(H,36,40)(H,37,38)/t23-,25?/m0/s1. The van der Waals surface area contributed by atoms with E-state index in [4.69, 9.17) is 67.5 Å². The van der Waals surface area contributed by atoms with Crippen LogP contribution in [0.2, 0.25) is 10.0 Å². The number of aromatic nitrogens is 1. The lowest BCUT2D eigenvalue weighted by molar-refractivity contribution is -0.142. The lowest BCUT2D eigenvalue weighted by atomic mass is 10.0. The summed E-state index contributed by atoms with van der Waals surface area (Å²) in [4.78, 5) is 41.6. The van der Waals surface area contributed by atoms with E-state index in [1.54, 1.807) is 36.4 Å². The molecule has 3 aromatic rings. The third-order valence-electron chi connectivity index (χ3n) is 6.08. The van der Waals surface area contributed by atoms with Crippen LogP contribution in [-0.2, 0) is 27.1 Å². The summed E-state index contributed by atoms with van der Waals surface area (Å²) in [5.41, 5.74) is 2.29. The molecule has 2 aromatic carbocycles. The van der Waals surface area contributed by atoms with Crippen molar-refractivity contribution in [3.05, 3.63) is 99.3 Å². The molecule has 2 amide bonds. The van der Waals surface area contributed by atoms with Gasteiger partial charge in [0.25, 0.3) is 5.91 Å². The lowest BCUT2D eigenvalue weighted by Crippen LogP contribution is -2.43. The van der Waals surface area contributed by atoms with Gasteiger partial charge in [0.1, 0.15) is 6.04 Å². The van der Waals surface area contributed by atoms with E-state index in [-0.39, 0.29) is 22.0 Å². The molecule has 1 aromatic heterocycles. The summed E-state index contributed by atoms with van der Waals surface area (Å²) in [6.45, 7) is 0.363. The van der Waals surface area contributed by atoms with E-state index in [0.717, 1.165) is 24.0 Å². The molecule has 1 heterocycles. The first-order valence-corrected chi connectivity index (χ1v) is 14.7. The molecule has 42 heavy (non-hydrogen) atoms. The summed E-state index contributed by atoms with van der Waals surface area (Å²) in [6, 6.07) is 16.4. The number of hydrogen-bond donors (Lipinski definition) is 2. The van der Waals surface area contributed by atoms with Crippen molar-refractivity contribution in [2.45, 2.75) is 41.6 Å². The molecule has 0 fully saturated rings. The topological polar surface area (TPSA) is 107 Å². The summed E-state index contributed by atoms with van der Waals surface area (Å²) in [6.07, 6.45) is 2.06. The molecular weight excluding hydrogens is 648 g/mol. The number of carbonyl (C=O) groups is 3. The maximum Gasteiger partial charge on any atom is 0.407 e. The van der Waals surface area contributed by atoms with Gasteiger partial charge in [-0.05, 0) is 54.7 Å². The largest absolute Gasteiger partial charge is 0.467 e. The monoisotopic (exact) mass is 673 g/mol. The Morgan fingerprint density at radius 3 is 2.17 bits per heavy atom. The third kappa shape index (κ3) is 10.2. The minimum absolute atomic E-state index is 0.0890. The zero-order valence-corrected chi connectivity index (χ0v) is 26.2. The number of carbonyl (C=O) groups excluding carboxylic acids is 3. The Balaban J connectivity index is 1.46. The molecule has 8 nitrogen and oxygen atoms in total. The molecule has 1 unspecified atom stereocenters. The number of esters is 1. The fourth-order valence-electron chi connectivity index (χ4n) is 3.98. The van der Waals surface area contributed by atoms with E-state index in [2.05, 4.69) is 15.6 Å². The predicted molar refractivity (Wildman–Crippen MR) is 165 cm³/mol. The molecule has 2 atom stereocenters. The van der Waals surface area contributed by atoms with Gasteiger partial charge >= 0.3 is 12.1 Å². The molecule has 0 spiro atoms. The molecular formula is C29H28Cl5N3O5. The Morgan fingerprint density at radius 1 is 0.905 bits per heavy atom. The van der Waals surface area contributed by atoms with E-state index in [9.17, 15) is 14.4 Å². The number of nitrogens with zero attached hydrogens (tertiary/aromatic N) is 1. The third-order valence-corrected chi connectivity index (χ3v) is 7.31. The molecule has 0 bridgehead atoms. The molecule has 0 saturated carbocycles. The van der Waals surface area contributed by atoms with Crippen molar-refractivity contribution < 1.29 is 23.9 Å². The highest BCUT2D eigenvalue weighted by Crippen LogP contribution is 2.41. The van der Waals surface area contributed by atoms with Crippen molar-refractivity contribution in [1.82, 2.24) is 15.6 Å². The number of unbranched alkanes of at least 4 members (excludes halogenated alkanes) is 1. The number of amides is 2. The molecule has 3 rings (SSSR count). The zero-order chi connectivity index (χ0) is 30.7. The van der Waals surface area contributed by atoms with E-state index in [1.807, 2.05) is 24.3 Å². The molecule has 2 N–H and O–H groups in total. The molecule has 13 heteroatoms. The van der Waals surface area contributed by atoms with Crippen molar-refractivity contribution in [2.75, 3.05) is 13.7 Å². The van der Waals surface area contributed by atoms with Crippen LogP contribution in [0.15, 0.2) is 66.9 Å². The number of benzene rings is 2. The Morgan fingerprint density at radius 2 is 1.57 bits per heavy atom. The summed E-state index contributed by atoms with van der Waals surface area (Å²) in [5.74, 6) is -1.17. The van der Waals surface area contributed by atoms with Gasteiger partial charge in [-0.3, -0.25) is 9.78 Å². The quantitative estimate of drug-likeness (QED) is 0.121. The Labute approximate surface area is 268 Å². The number of hydrogen-bond acceptors (Lipinski definition) is 6. The maximum absolute atomic E-state index is 12.8. The second-order valence-electron chi connectivity index (χ2n) is 9.13. The van der Waals surface area contributed by atoms with Crippen LogP contribution in [0.5, 0.6) is 0 Å². The second-order valence-corrected chi connectivity index (χ2v) is 12.3. The van der Waals surface area contributed by atoms with Crippen molar-refractivity contribution in [2.24, 2.45) is 0 Å². The number of alkyl carbamates (subject to hydrolysis) is 1. The summed E-state index contributed by atoms with van der Waals surface area (Å²) in [5, 5.41) is 5.68. The van der Waals surface area contributed by atoms with Crippen molar-refractivity contribution >= 4 is 76.0 Å². The summed E-state index contributed by atoms with van der Waals surface area (Å²) >= 11 is 30.2. The van der Waals surface area contributed by atoms with Gasteiger partial charge in [0.2, 0.25) is 3.79 Å². The smallest absolute Gasteiger partial charge is 0.407 e. The van der Waals surface area contributed by atoms with Crippen LogP contribution in [0, 0.1) is 0 Å². The summed E-state index contributed by atoms with van der Waals surface area (Å²) in [7, 11) is 1.25. The van der Waals surface area contributed by atoms with Crippen LogP contribution in [-0.4, -0.2) is 46.4 Å². The highest BCUT2D eigenvalue weighted by Gasteiger charge is 2.38. The molecule has 0 saturated heterocycles. The number of methoxy groups -OCH3 is 1. The van der Waals surface area contributed by atoms with E-state index in [0.29, 0.717) is 18.7 Å². The molecule has 224 valence electrons. The van der Waals surface area contributed by atoms with Crippen LogP contribution in [0.3, 0.4) is 0 Å². The number of halogens is 5. The van der Waals surface area contributed by atoms with Crippen LogP contribution in [0.1, 0.15) is 46.1 Å². The average molecular weight is 676 g/mol. The minimum atomic E-state index is -1.89. The van der Waals surface area contributed by atoms with E-state index in [1.165, 1.54) is 13.3 Å². The van der Waals surface area contributed by atoms with Crippen molar-refractivity contribution in [3.8, 4) is 0 Å². The number of pyridine rings is 1. The first kappa shape index (κ1) is 33.7. The first-order chi connectivity index (χ1) is 20.0. The SMILES string of the molecule is COC(=O)[C@H](Cc1ccc(CCCCNC(=O)OC(c2ccccn2)C(Cl)(Cl)Cl)cc1)NC(=O)c1c(Cl)cccc1Cl.